The maximum atomic E-state index is 12.0. The van der Waals surface area contributed by atoms with Gasteiger partial charge in [-0.3, -0.25) is 4.79 Å². The first-order valence-corrected chi connectivity index (χ1v) is 8.25. The number of hydrogen-bond acceptors (Lipinski definition) is 4. The van der Waals surface area contributed by atoms with Crippen molar-refractivity contribution in [3.05, 3.63) is 69.6 Å². The molecule has 0 aliphatic heterocycles. The van der Waals surface area contributed by atoms with Crippen LogP contribution in [0.5, 0.6) is 5.75 Å². The fraction of sp³-hybridized carbons (Fsp3) is 0.167. The number of rotatable bonds is 4. The number of aromatic nitrogens is 4. The topological polar surface area (TPSA) is 61.4 Å². The fourth-order valence-corrected chi connectivity index (χ4v) is 2.99. The highest BCUT2D eigenvalue weighted by atomic mass is 35.5. The minimum absolute atomic E-state index is 0.323. The molecule has 0 aliphatic carbocycles. The minimum Gasteiger partial charge on any atom is -0.490 e. The van der Waals surface area contributed by atoms with E-state index in [0.717, 1.165) is 11.0 Å². The summed E-state index contributed by atoms with van der Waals surface area (Å²) in [5.74, 6) is 1.13. The van der Waals surface area contributed by atoms with Crippen molar-refractivity contribution in [1.82, 2.24) is 19.2 Å². The van der Waals surface area contributed by atoms with Gasteiger partial charge in [-0.15, -0.1) is 0 Å². The molecule has 0 amide bonds. The zero-order chi connectivity index (χ0) is 17.4. The lowest BCUT2D eigenvalue weighted by Gasteiger charge is -2.09. The van der Waals surface area contributed by atoms with Crippen molar-refractivity contribution in [3.8, 4) is 5.75 Å². The summed E-state index contributed by atoms with van der Waals surface area (Å²) in [4.78, 5) is 16.1. The van der Waals surface area contributed by atoms with Crippen LogP contribution in [0.15, 0.2) is 53.3 Å². The van der Waals surface area contributed by atoms with Crippen molar-refractivity contribution >= 4 is 28.4 Å². The van der Waals surface area contributed by atoms with Gasteiger partial charge in [0.2, 0.25) is 5.78 Å². The van der Waals surface area contributed by atoms with Crippen molar-refractivity contribution in [2.45, 2.75) is 13.5 Å². The summed E-state index contributed by atoms with van der Waals surface area (Å²) < 4.78 is 9.40. The molecule has 2 aromatic carbocycles. The summed E-state index contributed by atoms with van der Waals surface area (Å²) in [5.41, 5.74) is 1.88. The van der Waals surface area contributed by atoms with Gasteiger partial charge in [0.05, 0.1) is 22.6 Å². The van der Waals surface area contributed by atoms with E-state index >= 15 is 0 Å². The van der Waals surface area contributed by atoms with E-state index in [4.69, 9.17) is 16.3 Å². The Morgan fingerprint density at radius 1 is 1.08 bits per heavy atom. The zero-order valence-electron chi connectivity index (χ0n) is 13.5. The SMILES string of the molecule is Cc1nn2c3ccccc3n(CCOc3ccccc3Cl)c2nc1=O. The molecule has 0 saturated carbocycles. The first-order valence-electron chi connectivity index (χ1n) is 7.87. The minimum atomic E-state index is -0.323. The van der Waals surface area contributed by atoms with Crippen LogP contribution in [0.1, 0.15) is 5.69 Å². The second-order valence-electron chi connectivity index (χ2n) is 5.63. The number of para-hydroxylation sites is 3. The summed E-state index contributed by atoms with van der Waals surface area (Å²) in [7, 11) is 0. The zero-order valence-corrected chi connectivity index (χ0v) is 14.3. The highest BCUT2D eigenvalue weighted by Crippen LogP contribution is 2.23. The van der Waals surface area contributed by atoms with Gasteiger partial charge in [0.1, 0.15) is 18.1 Å². The Kier molecular flexibility index (Phi) is 3.89. The fourth-order valence-electron chi connectivity index (χ4n) is 2.80. The average Bonchev–Trinajstić information content (AvgIpc) is 2.91. The Balaban J connectivity index is 1.74. The van der Waals surface area contributed by atoms with Crippen LogP contribution in [-0.2, 0) is 6.54 Å². The molecular weight excluding hydrogens is 340 g/mol. The van der Waals surface area contributed by atoms with Gasteiger partial charge in [0.25, 0.3) is 5.56 Å². The predicted octanol–water partition coefficient (Wildman–Crippen LogP) is 3.09. The monoisotopic (exact) mass is 354 g/mol. The number of aryl methyl sites for hydroxylation is 1. The molecule has 0 N–H and O–H groups in total. The summed E-state index contributed by atoms with van der Waals surface area (Å²) in [6.45, 7) is 2.57. The Morgan fingerprint density at radius 3 is 2.60 bits per heavy atom. The third-order valence-electron chi connectivity index (χ3n) is 4.00. The van der Waals surface area contributed by atoms with E-state index < -0.39 is 0 Å². The summed E-state index contributed by atoms with van der Waals surface area (Å²) in [6.07, 6.45) is 0. The molecule has 0 fully saturated rings. The highest BCUT2D eigenvalue weighted by molar-refractivity contribution is 6.32. The van der Waals surface area contributed by atoms with E-state index in [2.05, 4.69) is 10.1 Å². The Labute approximate surface area is 148 Å². The first-order chi connectivity index (χ1) is 12.1. The number of ether oxygens (including phenoxy) is 1. The van der Waals surface area contributed by atoms with Gasteiger partial charge in [-0.05, 0) is 31.2 Å². The molecule has 0 radical (unpaired) electrons. The van der Waals surface area contributed by atoms with Gasteiger partial charge in [-0.2, -0.15) is 14.6 Å². The van der Waals surface area contributed by atoms with Gasteiger partial charge in [0.15, 0.2) is 0 Å². The van der Waals surface area contributed by atoms with Gasteiger partial charge in [0, 0.05) is 0 Å². The van der Waals surface area contributed by atoms with Crippen LogP contribution in [0, 0.1) is 6.92 Å². The Bertz CT molecular complexity index is 1130. The van der Waals surface area contributed by atoms with Crippen molar-refractivity contribution in [2.75, 3.05) is 6.61 Å². The maximum absolute atomic E-state index is 12.0. The van der Waals surface area contributed by atoms with Crippen LogP contribution < -0.4 is 10.3 Å². The standard InChI is InChI=1S/C18H15ClN4O2/c1-12-17(24)20-18-22(10-11-25-16-9-5-2-6-13(16)19)14-7-3-4-8-15(14)23(18)21-12/h2-9H,10-11H2,1H3. The maximum Gasteiger partial charge on any atom is 0.296 e. The molecule has 0 spiro atoms. The van der Waals surface area contributed by atoms with Crippen molar-refractivity contribution in [1.29, 1.82) is 0 Å². The van der Waals surface area contributed by atoms with Crippen molar-refractivity contribution in [2.24, 2.45) is 0 Å². The molecule has 6 nitrogen and oxygen atoms in total. The van der Waals surface area contributed by atoms with Gasteiger partial charge >= 0.3 is 0 Å². The molecule has 7 heteroatoms. The van der Waals surface area contributed by atoms with Crippen LogP contribution in [0.4, 0.5) is 0 Å². The number of nitrogens with zero attached hydrogens (tertiary/aromatic N) is 4. The number of imidazole rings is 1. The van der Waals surface area contributed by atoms with E-state index in [1.807, 2.05) is 47.0 Å². The average molecular weight is 355 g/mol. The van der Waals surface area contributed by atoms with Crippen LogP contribution >= 0.6 is 11.6 Å². The predicted molar refractivity (Wildman–Crippen MR) is 96.4 cm³/mol. The third-order valence-corrected chi connectivity index (χ3v) is 4.31. The molecule has 126 valence electrons. The lowest BCUT2D eigenvalue weighted by molar-refractivity contribution is 0.301. The van der Waals surface area contributed by atoms with E-state index in [0.29, 0.717) is 35.4 Å². The van der Waals surface area contributed by atoms with Gasteiger partial charge in [-0.1, -0.05) is 35.9 Å². The number of halogens is 1. The number of benzene rings is 2. The van der Waals surface area contributed by atoms with E-state index in [1.165, 1.54) is 0 Å². The largest absolute Gasteiger partial charge is 0.490 e. The van der Waals surface area contributed by atoms with Crippen molar-refractivity contribution in [3.63, 3.8) is 0 Å². The number of hydrogen-bond donors (Lipinski definition) is 0. The summed E-state index contributed by atoms with van der Waals surface area (Å²) >= 11 is 6.11. The van der Waals surface area contributed by atoms with Crippen LogP contribution in [0.3, 0.4) is 0 Å². The normalized spacial score (nSPS) is 11.3. The highest BCUT2D eigenvalue weighted by Gasteiger charge is 2.13. The lowest BCUT2D eigenvalue weighted by atomic mass is 10.3. The number of fused-ring (bicyclic) bond motifs is 3. The molecule has 0 unspecified atom stereocenters. The van der Waals surface area contributed by atoms with Crippen LogP contribution in [0.2, 0.25) is 5.02 Å². The first kappa shape index (κ1) is 15.7. The summed E-state index contributed by atoms with van der Waals surface area (Å²) in [5, 5.41) is 4.93. The second-order valence-corrected chi connectivity index (χ2v) is 6.04. The lowest BCUT2D eigenvalue weighted by Crippen LogP contribution is -2.18. The second kappa shape index (κ2) is 6.22. The molecule has 2 heterocycles. The van der Waals surface area contributed by atoms with Gasteiger partial charge < -0.3 is 9.30 Å². The molecule has 0 atom stereocenters. The molecule has 0 aliphatic rings. The molecule has 4 aromatic rings. The molecular formula is C18H15ClN4O2. The summed E-state index contributed by atoms with van der Waals surface area (Å²) in [6, 6.07) is 15.1. The van der Waals surface area contributed by atoms with E-state index in [-0.39, 0.29) is 5.56 Å². The molecule has 0 bridgehead atoms. The Hall–Kier alpha value is -2.86. The smallest absolute Gasteiger partial charge is 0.296 e. The van der Waals surface area contributed by atoms with Crippen LogP contribution in [-0.4, -0.2) is 25.8 Å². The molecule has 25 heavy (non-hydrogen) atoms. The van der Waals surface area contributed by atoms with E-state index in [9.17, 15) is 4.79 Å². The molecule has 4 rings (SSSR count). The quantitative estimate of drug-likeness (QED) is 0.565. The van der Waals surface area contributed by atoms with Crippen LogP contribution in [0.25, 0.3) is 16.8 Å². The van der Waals surface area contributed by atoms with E-state index in [1.54, 1.807) is 17.5 Å². The molecule has 2 aromatic heterocycles. The molecule has 0 saturated heterocycles. The van der Waals surface area contributed by atoms with Crippen molar-refractivity contribution < 1.29 is 4.74 Å². The van der Waals surface area contributed by atoms with Gasteiger partial charge in [-0.25, -0.2) is 0 Å². The Morgan fingerprint density at radius 2 is 1.80 bits per heavy atom. The third kappa shape index (κ3) is 2.74.